The quantitative estimate of drug-likeness (QED) is 0.545. The predicted octanol–water partition coefficient (Wildman–Crippen LogP) is 2.11. The smallest absolute Gasteiger partial charge is 0.309 e. The third-order valence-electron chi connectivity index (χ3n) is 1.94. The molecule has 0 aliphatic carbocycles. The fourth-order valence-corrected chi connectivity index (χ4v) is 1.17. The van der Waals surface area contributed by atoms with E-state index >= 15 is 0 Å². The van der Waals surface area contributed by atoms with Crippen LogP contribution >= 0.6 is 0 Å². The maximum atomic E-state index is 10.9. The molecule has 1 aromatic rings. The molecule has 0 spiro atoms. The molecule has 0 atom stereocenters. The second-order valence-electron chi connectivity index (χ2n) is 2.97. The van der Waals surface area contributed by atoms with E-state index in [-0.39, 0.29) is 12.4 Å². The maximum absolute atomic E-state index is 10.9. The van der Waals surface area contributed by atoms with Gasteiger partial charge in [-0.05, 0) is 29.3 Å². The van der Waals surface area contributed by atoms with Crippen molar-refractivity contribution in [3.05, 3.63) is 34.2 Å². The minimum absolute atomic E-state index is 0.219. The van der Waals surface area contributed by atoms with E-state index in [1.807, 2.05) is 0 Å². The number of rotatable bonds is 3. The molecule has 0 aliphatic heterocycles. The lowest BCUT2D eigenvalue weighted by molar-refractivity contribution is -0.139. The van der Waals surface area contributed by atoms with Crippen molar-refractivity contribution in [1.82, 2.24) is 0 Å². The number of ether oxygens (including phenoxy) is 1. The number of benzene rings is 1. The third-order valence-corrected chi connectivity index (χ3v) is 1.94. The Balaban J connectivity index is 2.86. The molecule has 0 saturated heterocycles. The van der Waals surface area contributed by atoms with Gasteiger partial charge in [0.05, 0.1) is 13.5 Å². The topological polar surface area (TPSA) is 55.7 Å². The predicted molar refractivity (Wildman–Crippen MR) is 52.4 cm³/mol. The highest BCUT2D eigenvalue weighted by molar-refractivity contribution is 5.72. The first-order valence-corrected chi connectivity index (χ1v) is 4.17. The van der Waals surface area contributed by atoms with Crippen molar-refractivity contribution < 1.29 is 9.53 Å². The van der Waals surface area contributed by atoms with Crippen LogP contribution in [0.25, 0.3) is 0 Å². The number of hydrogen-bond donors (Lipinski definition) is 0. The second kappa shape index (κ2) is 4.50. The molecular weight excluding hydrogens is 182 g/mol. The molecule has 0 amide bonds. The van der Waals surface area contributed by atoms with Gasteiger partial charge in [0.2, 0.25) is 0 Å². The third kappa shape index (κ3) is 2.39. The number of nitrogens with zero attached hydrogens (tertiary/aromatic N) is 1. The summed E-state index contributed by atoms with van der Waals surface area (Å²) in [5.41, 5.74) is 1.99. The van der Waals surface area contributed by atoms with Gasteiger partial charge in [0.15, 0.2) is 0 Å². The van der Waals surface area contributed by atoms with E-state index in [1.54, 1.807) is 25.1 Å². The Morgan fingerprint density at radius 3 is 2.71 bits per heavy atom. The lowest BCUT2D eigenvalue weighted by Crippen LogP contribution is -2.04. The summed E-state index contributed by atoms with van der Waals surface area (Å²) in [5.74, 6) is -0.295. The fourth-order valence-electron chi connectivity index (χ4n) is 1.17. The van der Waals surface area contributed by atoms with Gasteiger partial charge in [0, 0.05) is 0 Å². The summed E-state index contributed by atoms with van der Waals surface area (Å²) < 4.78 is 4.53. The molecule has 4 nitrogen and oxygen atoms in total. The lowest BCUT2D eigenvalue weighted by atomic mass is 10.1. The van der Waals surface area contributed by atoms with Crippen molar-refractivity contribution in [3.63, 3.8) is 0 Å². The minimum Gasteiger partial charge on any atom is -0.469 e. The summed E-state index contributed by atoms with van der Waals surface area (Å²) >= 11 is 0. The van der Waals surface area contributed by atoms with Crippen LogP contribution in [0.15, 0.2) is 23.4 Å². The van der Waals surface area contributed by atoms with E-state index in [2.05, 4.69) is 9.91 Å². The summed E-state index contributed by atoms with van der Waals surface area (Å²) in [6.07, 6.45) is 0.219. The van der Waals surface area contributed by atoms with E-state index in [1.165, 1.54) is 7.11 Å². The molecule has 0 radical (unpaired) electrons. The van der Waals surface area contributed by atoms with Crippen LogP contribution in [0.4, 0.5) is 5.69 Å². The van der Waals surface area contributed by atoms with Crippen LogP contribution in [0.5, 0.6) is 0 Å². The second-order valence-corrected chi connectivity index (χ2v) is 2.97. The number of carbonyl (C=O) groups is 1. The Hall–Kier alpha value is -1.71. The highest BCUT2D eigenvalue weighted by Gasteiger charge is 2.04. The number of carbonyl (C=O) groups excluding carboxylic acids is 1. The number of methoxy groups -OCH3 is 1. The Kier molecular flexibility index (Phi) is 3.34. The fraction of sp³-hybridized carbons (Fsp3) is 0.300. The van der Waals surface area contributed by atoms with Gasteiger partial charge in [-0.3, -0.25) is 4.79 Å². The Morgan fingerprint density at radius 1 is 1.50 bits per heavy atom. The van der Waals surface area contributed by atoms with E-state index in [0.29, 0.717) is 5.69 Å². The molecule has 1 aromatic carbocycles. The molecule has 0 unspecified atom stereocenters. The standard InChI is InChI=1S/C10H11NO3/c1-7-5-8(6-10(12)14-2)3-4-9(7)11-13/h3-5H,6H2,1-2H3. The van der Waals surface area contributed by atoms with Crippen LogP contribution in [0.3, 0.4) is 0 Å². The van der Waals surface area contributed by atoms with Crippen molar-refractivity contribution in [2.75, 3.05) is 7.11 Å². The van der Waals surface area contributed by atoms with Gasteiger partial charge in [-0.25, -0.2) is 0 Å². The van der Waals surface area contributed by atoms with Crippen molar-refractivity contribution in [3.8, 4) is 0 Å². The first-order valence-electron chi connectivity index (χ1n) is 4.17. The molecule has 14 heavy (non-hydrogen) atoms. The zero-order chi connectivity index (χ0) is 10.6. The number of nitroso groups, excluding NO2 is 1. The number of esters is 1. The van der Waals surface area contributed by atoms with Gasteiger partial charge in [0.25, 0.3) is 0 Å². The largest absolute Gasteiger partial charge is 0.469 e. The molecule has 4 heteroatoms. The van der Waals surface area contributed by atoms with E-state index in [0.717, 1.165) is 11.1 Å². The zero-order valence-corrected chi connectivity index (χ0v) is 8.11. The summed E-state index contributed by atoms with van der Waals surface area (Å²) in [4.78, 5) is 21.2. The molecule has 0 aliphatic rings. The van der Waals surface area contributed by atoms with Gasteiger partial charge in [0.1, 0.15) is 5.69 Å². The van der Waals surface area contributed by atoms with Crippen LogP contribution in [-0.2, 0) is 16.0 Å². The van der Waals surface area contributed by atoms with Gasteiger partial charge in [-0.1, -0.05) is 12.1 Å². The van der Waals surface area contributed by atoms with Crippen molar-refractivity contribution in [2.24, 2.45) is 5.18 Å². The van der Waals surface area contributed by atoms with Crippen LogP contribution in [0, 0.1) is 11.8 Å². The van der Waals surface area contributed by atoms with Gasteiger partial charge in [-0.15, -0.1) is 4.91 Å². The highest BCUT2D eigenvalue weighted by atomic mass is 16.5. The van der Waals surface area contributed by atoms with E-state index in [9.17, 15) is 9.70 Å². The Bertz CT molecular complexity index is 360. The SMILES string of the molecule is COC(=O)Cc1ccc(N=O)c(C)c1. The number of aryl methyl sites for hydroxylation is 1. The zero-order valence-electron chi connectivity index (χ0n) is 8.11. The highest BCUT2D eigenvalue weighted by Crippen LogP contribution is 2.19. The molecule has 0 aromatic heterocycles. The Labute approximate surface area is 81.9 Å². The summed E-state index contributed by atoms with van der Waals surface area (Å²) in [5, 5.41) is 2.84. The van der Waals surface area contributed by atoms with Crippen molar-refractivity contribution >= 4 is 11.7 Å². The van der Waals surface area contributed by atoms with Crippen LogP contribution < -0.4 is 0 Å². The van der Waals surface area contributed by atoms with Crippen LogP contribution in [0.2, 0.25) is 0 Å². The first-order chi connectivity index (χ1) is 6.67. The first kappa shape index (κ1) is 10.4. The Morgan fingerprint density at radius 2 is 2.21 bits per heavy atom. The number of hydrogen-bond acceptors (Lipinski definition) is 4. The molecule has 0 fully saturated rings. The molecule has 0 bridgehead atoms. The lowest BCUT2D eigenvalue weighted by Gasteiger charge is -2.02. The van der Waals surface area contributed by atoms with E-state index < -0.39 is 0 Å². The molecular formula is C10H11NO3. The minimum atomic E-state index is -0.295. The summed E-state index contributed by atoms with van der Waals surface area (Å²) in [6, 6.07) is 5.05. The average Bonchev–Trinajstić information content (AvgIpc) is 2.18. The van der Waals surface area contributed by atoms with Crippen LogP contribution in [0.1, 0.15) is 11.1 Å². The molecule has 0 N–H and O–H groups in total. The summed E-state index contributed by atoms with van der Waals surface area (Å²) in [6.45, 7) is 1.78. The molecule has 74 valence electrons. The molecule has 1 rings (SSSR count). The van der Waals surface area contributed by atoms with Gasteiger partial charge >= 0.3 is 5.97 Å². The van der Waals surface area contributed by atoms with Crippen molar-refractivity contribution in [1.29, 1.82) is 0 Å². The van der Waals surface area contributed by atoms with Gasteiger partial charge in [-0.2, -0.15) is 0 Å². The monoisotopic (exact) mass is 193 g/mol. The van der Waals surface area contributed by atoms with Gasteiger partial charge < -0.3 is 4.74 Å². The van der Waals surface area contributed by atoms with Crippen LogP contribution in [-0.4, -0.2) is 13.1 Å². The summed E-state index contributed by atoms with van der Waals surface area (Å²) in [7, 11) is 1.34. The molecule has 0 saturated carbocycles. The molecule has 0 heterocycles. The van der Waals surface area contributed by atoms with Crippen molar-refractivity contribution in [2.45, 2.75) is 13.3 Å². The average molecular weight is 193 g/mol. The normalized spacial score (nSPS) is 9.57. The maximum Gasteiger partial charge on any atom is 0.309 e. The van der Waals surface area contributed by atoms with E-state index in [4.69, 9.17) is 0 Å².